The van der Waals surface area contributed by atoms with Crippen LogP contribution < -0.4 is 0 Å². The molecule has 5 rings (SSSR count). The molecule has 1 heterocycles. The van der Waals surface area contributed by atoms with Gasteiger partial charge in [-0.1, -0.05) is 54.6 Å². The average Bonchev–Trinajstić information content (AvgIpc) is 3.12. The van der Waals surface area contributed by atoms with Gasteiger partial charge in [-0.2, -0.15) is 0 Å². The van der Waals surface area contributed by atoms with Crippen molar-refractivity contribution in [2.75, 3.05) is 0 Å². The molecule has 32 heavy (non-hydrogen) atoms. The summed E-state index contributed by atoms with van der Waals surface area (Å²) in [4.78, 5) is 11.1. The largest absolute Gasteiger partial charge is 0.478 e. The molecule has 0 spiro atoms. The number of aliphatic carboxylic acids is 1. The van der Waals surface area contributed by atoms with Gasteiger partial charge in [0.25, 0.3) is 0 Å². The van der Waals surface area contributed by atoms with Gasteiger partial charge in [-0.05, 0) is 66.1 Å². The van der Waals surface area contributed by atoms with Gasteiger partial charge in [0.1, 0.15) is 5.82 Å². The number of halogens is 1. The van der Waals surface area contributed by atoms with Gasteiger partial charge in [0, 0.05) is 29.3 Å². The molecule has 4 heteroatoms. The Morgan fingerprint density at radius 1 is 0.969 bits per heavy atom. The zero-order chi connectivity index (χ0) is 22.1. The summed E-state index contributed by atoms with van der Waals surface area (Å²) in [5.41, 5.74) is 7.49. The lowest BCUT2D eigenvalue weighted by molar-refractivity contribution is -0.131. The third-order valence-corrected chi connectivity index (χ3v) is 6.27. The third kappa shape index (κ3) is 3.84. The number of aryl methyl sites for hydroxylation is 1. The number of hydrogen-bond acceptors (Lipinski definition) is 1. The first-order valence-electron chi connectivity index (χ1n) is 11.0. The molecule has 0 unspecified atom stereocenters. The molecule has 3 aromatic carbocycles. The maximum absolute atomic E-state index is 14.4. The molecule has 0 fully saturated rings. The minimum absolute atomic E-state index is 0.333. The fraction of sp³-hybridized carbons (Fsp3) is 0.179. The molecule has 1 aromatic heterocycles. The molecular formula is C28H24FNO2. The van der Waals surface area contributed by atoms with Crippen molar-refractivity contribution < 1.29 is 14.3 Å². The molecule has 0 amide bonds. The van der Waals surface area contributed by atoms with Crippen molar-refractivity contribution in [3.63, 3.8) is 0 Å². The minimum atomic E-state index is -1.04. The van der Waals surface area contributed by atoms with E-state index in [1.807, 2.05) is 18.2 Å². The highest BCUT2D eigenvalue weighted by Crippen LogP contribution is 2.36. The van der Waals surface area contributed by atoms with Gasteiger partial charge < -0.3 is 9.67 Å². The highest BCUT2D eigenvalue weighted by Gasteiger charge is 2.22. The fourth-order valence-electron chi connectivity index (χ4n) is 4.84. The first kappa shape index (κ1) is 20.3. The second-order valence-corrected chi connectivity index (χ2v) is 8.34. The Labute approximate surface area is 186 Å². The first-order valence-corrected chi connectivity index (χ1v) is 11.0. The maximum Gasteiger partial charge on any atom is 0.328 e. The Morgan fingerprint density at radius 2 is 1.69 bits per heavy atom. The lowest BCUT2D eigenvalue weighted by Gasteiger charge is -2.17. The van der Waals surface area contributed by atoms with Gasteiger partial charge in [-0.25, -0.2) is 9.18 Å². The van der Waals surface area contributed by atoms with E-state index >= 15 is 0 Å². The summed E-state index contributed by atoms with van der Waals surface area (Å²) in [6.45, 7) is 0.667. The molecular weight excluding hydrogens is 401 g/mol. The summed E-state index contributed by atoms with van der Waals surface area (Å²) in [7, 11) is 0. The molecule has 4 aromatic rings. The first-order chi connectivity index (χ1) is 15.6. The molecule has 1 aliphatic rings. The van der Waals surface area contributed by atoms with Gasteiger partial charge in [0.05, 0.1) is 5.52 Å². The van der Waals surface area contributed by atoms with Crippen molar-refractivity contribution in [2.45, 2.75) is 32.2 Å². The van der Waals surface area contributed by atoms with Crippen LogP contribution in [0.25, 0.3) is 28.1 Å². The number of nitrogens with zero attached hydrogens (tertiary/aromatic N) is 1. The van der Waals surface area contributed by atoms with Crippen molar-refractivity contribution in [2.24, 2.45) is 0 Å². The Morgan fingerprint density at radius 3 is 2.44 bits per heavy atom. The Kier molecular flexibility index (Phi) is 5.36. The van der Waals surface area contributed by atoms with Crippen LogP contribution in [0, 0.1) is 5.82 Å². The lowest BCUT2D eigenvalue weighted by Crippen LogP contribution is -2.09. The zero-order valence-electron chi connectivity index (χ0n) is 17.7. The van der Waals surface area contributed by atoms with E-state index in [9.17, 15) is 9.18 Å². The third-order valence-electron chi connectivity index (χ3n) is 6.27. The van der Waals surface area contributed by atoms with Crippen LogP contribution in [-0.2, 0) is 24.2 Å². The molecule has 0 atom stereocenters. The molecule has 1 aliphatic carbocycles. The van der Waals surface area contributed by atoms with Crippen LogP contribution >= 0.6 is 0 Å². The van der Waals surface area contributed by atoms with Gasteiger partial charge in [0.15, 0.2) is 0 Å². The van der Waals surface area contributed by atoms with E-state index in [1.54, 1.807) is 6.07 Å². The molecule has 0 radical (unpaired) electrons. The van der Waals surface area contributed by atoms with Crippen molar-refractivity contribution in [1.29, 1.82) is 0 Å². The second kappa shape index (κ2) is 8.46. The molecule has 160 valence electrons. The van der Waals surface area contributed by atoms with Crippen LogP contribution in [0.2, 0.25) is 0 Å². The normalized spacial score (nSPS) is 13.5. The summed E-state index contributed by atoms with van der Waals surface area (Å²) in [6.07, 6.45) is 6.67. The van der Waals surface area contributed by atoms with E-state index in [1.165, 1.54) is 34.5 Å². The molecule has 1 N–H and O–H groups in total. The fourth-order valence-corrected chi connectivity index (χ4v) is 4.84. The molecule has 3 nitrogen and oxygen atoms in total. The molecule has 0 saturated heterocycles. The number of fused-ring (bicyclic) bond motifs is 3. The Bertz CT molecular complexity index is 1320. The number of benzene rings is 3. The zero-order valence-corrected chi connectivity index (χ0v) is 17.7. The number of carboxylic acids is 1. The van der Waals surface area contributed by atoms with E-state index in [4.69, 9.17) is 5.11 Å². The lowest BCUT2D eigenvalue weighted by atomic mass is 9.95. The van der Waals surface area contributed by atoms with Crippen LogP contribution in [0.15, 0.2) is 72.8 Å². The van der Waals surface area contributed by atoms with Crippen molar-refractivity contribution >= 4 is 22.9 Å². The van der Waals surface area contributed by atoms with E-state index < -0.39 is 5.97 Å². The van der Waals surface area contributed by atoms with Gasteiger partial charge in [-0.15, -0.1) is 0 Å². The van der Waals surface area contributed by atoms with Crippen LogP contribution in [-0.4, -0.2) is 15.6 Å². The van der Waals surface area contributed by atoms with E-state index in [0.717, 1.165) is 48.2 Å². The SMILES string of the molecule is O=C(O)/C=C/c1cc(F)cc2c3c(n(Cc4ccc(-c5ccccc5)cc4)c12)CCCC3. The van der Waals surface area contributed by atoms with Crippen LogP contribution in [0.5, 0.6) is 0 Å². The van der Waals surface area contributed by atoms with Crippen LogP contribution in [0.4, 0.5) is 4.39 Å². The standard InChI is InChI=1S/C28H24FNO2/c29-23-16-22(14-15-27(31)32)28-25(17-23)24-8-4-5-9-26(24)30(28)18-19-10-12-21(13-11-19)20-6-2-1-3-7-20/h1-3,6-7,10-17H,4-5,8-9,18H2,(H,31,32)/b15-14+. The number of carbonyl (C=O) groups is 1. The summed E-state index contributed by atoms with van der Waals surface area (Å²) in [6, 6.07) is 21.9. The van der Waals surface area contributed by atoms with E-state index in [2.05, 4.69) is 41.0 Å². The topological polar surface area (TPSA) is 42.2 Å². The Hall–Kier alpha value is -3.66. The second-order valence-electron chi connectivity index (χ2n) is 8.34. The summed E-state index contributed by atoms with van der Waals surface area (Å²) in [5, 5.41) is 10.0. The van der Waals surface area contributed by atoms with Crippen molar-refractivity contribution in [3.8, 4) is 11.1 Å². The maximum atomic E-state index is 14.4. The minimum Gasteiger partial charge on any atom is -0.478 e. The quantitative estimate of drug-likeness (QED) is 0.372. The molecule has 0 saturated carbocycles. The van der Waals surface area contributed by atoms with Crippen molar-refractivity contribution in [1.82, 2.24) is 4.57 Å². The van der Waals surface area contributed by atoms with Crippen LogP contribution in [0.3, 0.4) is 0 Å². The average molecular weight is 426 g/mol. The Balaban J connectivity index is 1.61. The number of hydrogen-bond donors (Lipinski definition) is 1. The summed E-state index contributed by atoms with van der Waals surface area (Å²) in [5.74, 6) is -1.37. The van der Waals surface area contributed by atoms with Gasteiger partial charge in [0.2, 0.25) is 0 Å². The summed E-state index contributed by atoms with van der Waals surface area (Å²) >= 11 is 0. The number of rotatable bonds is 5. The van der Waals surface area contributed by atoms with Gasteiger partial charge in [-0.3, -0.25) is 0 Å². The predicted molar refractivity (Wildman–Crippen MR) is 126 cm³/mol. The predicted octanol–water partition coefficient (Wildman–Crippen LogP) is 6.47. The summed E-state index contributed by atoms with van der Waals surface area (Å²) < 4.78 is 16.7. The van der Waals surface area contributed by atoms with E-state index in [-0.39, 0.29) is 5.82 Å². The van der Waals surface area contributed by atoms with Gasteiger partial charge >= 0.3 is 5.97 Å². The number of aromatic nitrogens is 1. The van der Waals surface area contributed by atoms with E-state index in [0.29, 0.717) is 12.1 Å². The molecule has 0 bridgehead atoms. The van der Waals surface area contributed by atoms with Crippen molar-refractivity contribution in [3.05, 3.63) is 101 Å². The monoisotopic (exact) mass is 425 g/mol. The molecule has 0 aliphatic heterocycles. The smallest absolute Gasteiger partial charge is 0.328 e. The highest BCUT2D eigenvalue weighted by molar-refractivity contribution is 5.95. The van der Waals surface area contributed by atoms with Crippen LogP contribution in [0.1, 0.15) is 35.2 Å². The number of carboxylic acid groups (broad SMARTS) is 1. The highest BCUT2D eigenvalue weighted by atomic mass is 19.1.